The molecule has 2 heterocycles. The Labute approximate surface area is 117 Å². The summed E-state index contributed by atoms with van der Waals surface area (Å²) in [5, 5.41) is 27.2. The van der Waals surface area contributed by atoms with Gasteiger partial charge in [0.1, 0.15) is 11.0 Å². The largest absolute Gasteiger partial charge is 0.393 e. The highest BCUT2D eigenvalue weighted by atomic mass is 16.6. The Kier molecular flexibility index (Phi) is 3.69. The first kappa shape index (κ1) is 13.5. The average molecular weight is 277 g/mol. The van der Waals surface area contributed by atoms with Crippen LogP contribution in [0.5, 0.6) is 0 Å². The van der Waals surface area contributed by atoms with Gasteiger partial charge in [-0.25, -0.2) is 4.63 Å². The van der Waals surface area contributed by atoms with Gasteiger partial charge in [-0.2, -0.15) is 0 Å². The topological polar surface area (TPSA) is 82.6 Å². The van der Waals surface area contributed by atoms with E-state index in [-0.39, 0.29) is 6.61 Å². The first-order valence-electron chi connectivity index (χ1n) is 6.96. The second-order valence-electron chi connectivity index (χ2n) is 5.56. The molecule has 0 radical (unpaired) electrons. The zero-order valence-electron chi connectivity index (χ0n) is 11.3. The van der Waals surface area contributed by atoms with E-state index >= 15 is 0 Å². The lowest BCUT2D eigenvalue weighted by molar-refractivity contribution is -0.0255. The van der Waals surface area contributed by atoms with Crippen LogP contribution >= 0.6 is 0 Å². The fourth-order valence-corrected chi connectivity index (χ4v) is 2.78. The molecule has 2 N–H and O–H groups in total. The Hall–Kier alpha value is -1.50. The van der Waals surface area contributed by atoms with Crippen molar-refractivity contribution in [1.29, 1.82) is 0 Å². The summed E-state index contributed by atoms with van der Waals surface area (Å²) in [6, 6.07) is 5.85. The van der Waals surface area contributed by atoms with Crippen molar-refractivity contribution in [2.24, 2.45) is 0 Å². The fourth-order valence-electron chi connectivity index (χ4n) is 2.78. The summed E-state index contributed by atoms with van der Waals surface area (Å²) in [6.45, 7) is 2.26. The number of likely N-dealkylation sites (tertiary alicyclic amines) is 1. The summed E-state index contributed by atoms with van der Waals surface area (Å²) in [4.78, 5) is 2.27. The minimum Gasteiger partial charge on any atom is -0.393 e. The monoisotopic (exact) mass is 277 g/mol. The number of aliphatic hydroxyl groups excluding tert-OH is 1. The van der Waals surface area contributed by atoms with Crippen molar-refractivity contribution in [2.45, 2.75) is 31.4 Å². The Bertz CT molecular complexity index is 586. The molecule has 0 amide bonds. The summed E-state index contributed by atoms with van der Waals surface area (Å²) < 4.78 is 4.78. The third kappa shape index (κ3) is 2.67. The van der Waals surface area contributed by atoms with Gasteiger partial charge in [-0.1, -0.05) is 12.1 Å². The molecular weight excluding hydrogens is 258 g/mol. The number of aliphatic hydroxyl groups is 2. The quantitative estimate of drug-likeness (QED) is 0.868. The van der Waals surface area contributed by atoms with Crippen LogP contribution in [-0.4, -0.2) is 50.7 Å². The average Bonchev–Trinajstić information content (AvgIpc) is 2.86. The van der Waals surface area contributed by atoms with Gasteiger partial charge in [0.05, 0.1) is 12.2 Å². The van der Waals surface area contributed by atoms with Crippen molar-refractivity contribution in [2.75, 3.05) is 19.7 Å². The van der Waals surface area contributed by atoms with Crippen LogP contribution in [0.25, 0.3) is 11.0 Å². The van der Waals surface area contributed by atoms with E-state index in [1.807, 2.05) is 18.2 Å². The molecule has 3 rings (SSSR count). The van der Waals surface area contributed by atoms with Gasteiger partial charge in [0.25, 0.3) is 0 Å². The molecule has 6 nitrogen and oxygen atoms in total. The standard InChI is InChI=1S/C14H19N3O3/c18-10-14(19)5-2-7-17(8-6-14)9-11-3-1-4-12-13(11)16-20-15-12/h1,3-4,18-19H,2,5-10H2/t14-/m1/s1. The van der Waals surface area contributed by atoms with Crippen molar-refractivity contribution >= 4 is 11.0 Å². The molecule has 1 saturated heterocycles. The van der Waals surface area contributed by atoms with Crippen molar-refractivity contribution in [3.63, 3.8) is 0 Å². The smallest absolute Gasteiger partial charge is 0.139 e. The van der Waals surface area contributed by atoms with Crippen LogP contribution in [0.2, 0.25) is 0 Å². The molecular formula is C14H19N3O3. The van der Waals surface area contributed by atoms with Gasteiger partial charge >= 0.3 is 0 Å². The number of hydrogen-bond donors (Lipinski definition) is 2. The minimum atomic E-state index is -0.920. The first-order valence-corrected chi connectivity index (χ1v) is 6.96. The molecule has 0 saturated carbocycles. The van der Waals surface area contributed by atoms with E-state index in [9.17, 15) is 10.2 Å². The van der Waals surface area contributed by atoms with Gasteiger partial charge in [0.15, 0.2) is 0 Å². The molecule has 0 unspecified atom stereocenters. The summed E-state index contributed by atoms with van der Waals surface area (Å²) in [6.07, 6.45) is 2.12. The highest BCUT2D eigenvalue weighted by Gasteiger charge is 2.29. The van der Waals surface area contributed by atoms with E-state index in [2.05, 4.69) is 15.2 Å². The molecule has 6 heteroatoms. The molecule has 1 fully saturated rings. The highest BCUT2D eigenvalue weighted by Crippen LogP contribution is 2.24. The maximum atomic E-state index is 10.2. The Morgan fingerprint density at radius 2 is 2.15 bits per heavy atom. The predicted octanol–water partition coefficient (Wildman–Crippen LogP) is 0.932. The zero-order valence-corrected chi connectivity index (χ0v) is 11.3. The van der Waals surface area contributed by atoms with Gasteiger partial charge < -0.3 is 10.2 Å². The molecule has 1 aromatic heterocycles. The number of hydrogen-bond acceptors (Lipinski definition) is 6. The van der Waals surface area contributed by atoms with Crippen LogP contribution in [0, 0.1) is 0 Å². The molecule has 1 aliphatic rings. The molecule has 108 valence electrons. The van der Waals surface area contributed by atoms with Gasteiger partial charge in [0.2, 0.25) is 0 Å². The number of nitrogens with zero attached hydrogens (tertiary/aromatic N) is 3. The molecule has 0 bridgehead atoms. The summed E-state index contributed by atoms with van der Waals surface area (Å²) in [5.74, 6) is 0. The molecule has 0 aliphatic carbocycles. The molecule has 20 heavy (non-hydrogen) atoms. The summed E-state index contributed by atoms with van der Waals surface area (Å²) in [7, 11) is 0. The number of aromatic nitrogens is 2. The van der Waals surface area contributed by atoms with E-state index in [0.29, 0.717) is 12.8 Å². The van der Waals surface area contributed by atoms with Crippen LogP contribution in [0.3, 0.4) is 0 Å². The third-order valence-corrected chi connectivity index (χ3v) is 4.07. The van der Waals surface area contributed by atoms with Crippen molar-refractivity contribution < 1.29 is 14.8 Å². The molecule has 1 aromatic carbocycles. The predicted molar refractivity (Wildman–Crippen MR) is 73.0 cm³/mol. The van der Waals surface area contributed by atoms with Crippen molar-refractivity contribution in [3.05, 3.63) is 23.8 Å². The number of benzene rings is 1. The normalized spacial score (nSPS) is 24.9. The van der Waals surface area contributed by atoms with Gasteiger partial charge in [-0.3, -0.25) is 4.90 Å². The number of rotatable bonds is 3. The lowest BCUT2D eigenvalue weighted by Gasteiger charge is -2.24. The first-order chi connectivity index (χ1) is 9.70. The van der Waals surface area contributed by atoms with Crippen LogP contribution in [0.15, 0.2) is 22.8 Å². The molecule has 1 atom stereocenters. The SMILES string of the molecule is OC[C@@]1(O)CCCN(Cc2cccc3nonc23)CC1. The molecule has 2 aromatic rings. The Balaban J connectivity index is 1.73. The van der Waals surface area contributed by atoms with Crippen molar-refractivity contribution in [3.8, 4) is 0 Å². The lowest BCUT2D eigenvalue weighted by Crippen LogP contribution is -2.34. The van der Waals surface area contributed by atoms with E-state index in [1.165, 1.54) is 0 Å². The molecule has 1 aliphatic heterocycles. The van der Waals surface area contributed by atoms with Crippen LogP contribution in [0.1, 0.15) is 24.8 Å². The highest BCUT2D eigenvalue weighted by molar-refractivity contribution is 5.76. The molecule has 0 spiro atoms. The maximum Gasteiger partial charge on any atom is 0.139 e. The van der Waals surface area contributed by atoms with Crippen LogP contribution in [0.4, 0.5) is 0 Å². The fraction of sp³-hybridized carbons (Fsp3) is 0.571. The van der Waals surface area contributed by atoms with Gasteiger partial charge in [0, 0.05) is 13.1 Å². The Morgan fingerprint density at radius 1 is 1.25 bits per heavy atom. The Morgan fingerprint density at radius 3 is 3.00 bits per heavy atom. The van der Waals surface area contributed by atoms with Crippen molar-refractivity contribution in [1.82, 2.24) is 15.2 Å². The maximum absolute atomic E-state index is 10.2. The van der Waals surface area contributed by atoms with Crippen LogP contribution in [-0.2, 0) is 6.54 Å². The summed E-state index contributed by atoms with van der Waals surface area (Å²) >= 11 is 0. The minimum absolute atomic E-state index is 0.163. The van der Waals surface area contributed by atoms with E-state index < -0.39 is 5.60 Å². The van der Waals surface area contributed by atoms with Gasteiger partial charge in [-0.15, -0.1) is 0 Å². The van der Waals surface area contributed by atoms with Gasteiger partial charge in [-0.05, 0) is 47.8 Å². The second kappa shape index (κ2) is 5.47. The third-order valence-electron chi connectivity index (χ3n) is 4.07. The number of fused-ring (bicyclic) bond motifs is 1. The van der Waals surface area contributed by atoms with E-state index in [4.69, 9.17) is 4.63 Å². The van der Waals surface area contributed by atoms with E-state index in [1.54, 1.807) is 0 Å². The zero-order chi connectivity index (χ0) is 14.0. The van der Waals surface area contributed by atoms with E-state index in [0.717, 1.165) is 42.7 Å². The van der Waals surface area contributed by atoms with Crippen LogP contribution < -0.4 is 0 Å². The second-order valence-corrected chi connectivity index (χ2v) is 5.56. The lowest BCUT2D eigenvalue weighted by atomic mass is 9.96. The summed E-state index contributed by atoms with van der Waals surface area (Å²) in [5.41, 5.74) is 1.73.